The highest BCUT2D eigenvalue weighted by Crippen LogP contribution is 2.32. The van der Waals surface area contributed by atoms with Gasteiger partial charge in [0.15, 0.2) is 0 Å². The average molecular weight is 412 g/mol. The second kappa shape index (κ2) is 7.59. The van der Waals surface area contributed by atoms with E-state index in [1.807, 2.05) is 0 Å². The van der Waals surface area contributed by atoms with Crippen molar-refractivity contribution in [2.24, 2.45) is 0 Å². The number of ketones is 1. The first-order chi connectivity index (χ1) is 11.6. The summed E-state index contributed by atoms with van der Waals surface area (Å²) in [6.45, 7) is -0.615. The van der Waals surface area contributed by atoms with Gasteiger partial charge in [0, 0.05) is 6.20 Å². The number of hydrogen-bond donors (Lipinski definition) is 1. The molecular weight excluding hydrogens is 404 g/mol. The molecular formula is C15H8Cl3F3N2O2. The third kappa shape index (κ3) is 4.42. The highest BCUT2D eigenvalue weighted by molar-refractivity contribution is 6.49. The second-order valence-corrected chi connectivity index (χ2v) is 5.90. The summed E-state index contributed by atoms with van der Waals surface area (Å²) < 4.78 is 38.7. The van der Waals surface area contributed by atoms with Crippen LogP contribution in [0.25, 0.3) is 0 Å². The van der Waals surface area contributed by atoms with E-state index in [2.05, 4.69) is 10.3 Å². The summed E-state index contributed by atoms with van der Waals surface area (Å²) in [5.41, 5.74) is -1.96. The Morgan fingerprint density at radius 1 is 1.08 bits per heavy atom. The molecule has 0 fully saturated rings. The topological polar surface area (TPSA) is 59.1 Å². The number of rotatable bonds is 4. The van der Waals surface area contributed by atoms with Gasteiger partial charge in [-0.25, -0.2) is 4.98 Å². The number of pyridine rings is 1. The van der Waals surface area contributed by atoms with Crippen LogP contribution < -0.4 is 5.32 Å². The van der Waals surface area contributed by atoms with Gasteiger partial charge in [-0.3, -0.25) is 9.59 Å². The monoisotopic (exact) mass is 410 g/mol. The molecule has 0 unspecified atom stereocenters. The summed E-state index contributed by atoms with van der Waals surface area (Å²) in [6.07, 6.45) is -3.60. The molecule has 1 aromatic carbocycles. The lowest BCUT2D eigenvalue weighted by Crippen LogP contribution is -2.31. The van der Waals surface area contributed by atoms with Crippen molar-refractivity contribution in [3.63, 3.8) is 0 Å². The normalized spacial score (nSPS) is 11.3. The first-order valence-corrected chi connectivity index (χ1v) is 7.73. The van der Waals surface area contributed by atoms with Gasteiger partial charge in [-0.15, -0.1) is 0 Å². The fourth-order valence-electron chi connectivity index (χ4n) is 1.91. The molecule has 0 aliphatic carbocycles. The molecule has 4 nitrogen and oxygen atoms in total. The quantitative estimate of drug-likeness (QED) is 0.744. The van der Waals surface area contributed by atoms with E-state index in [4.69, 9.17) is 34.8 Å². The predicted octanol–water partition coefficient (Wildman–Crippen LogP) is 4.67. The predicted molar refractivity (Wildman–Crippen MR) is 87.4 cm³/mol. The van der Waals surface area contributed by atoms with Crippen molar-refractivity contribution in [3.05, 3.63) is 62.4 Å². The zero-order valence-corrected chi connectivity index (χ0v) is 14.4. The van der Waals surface area contributed by atoms with Crippen molar-refractivity contribution >= 4 is 46.5 Å². The van der Waals surface area contributed by atoms with Gasteiger partial charge in [0.05, 0.1) is 32.7 Å². The fourth-order valence-corrected chi connectivity index (χ4v) is 2.49. The Balaban J connectivity index is 2.16. The summed E-state index contributed by atoms with van der Waals surface area (Å²) in [5, 5.41) is 1.85. The van der Waals surface area contributed by atoms with E-state index in [1.165, 1.54) is 6.07 Å². The summed E-state index contributed by atoms with van der Waals surface area (Å²) in [6, 6.07) is 4.22. The van der Waals surface area contributed by atoms with E-state index < -0.39 is 35.5 Å². The number of carbonyl (C=O) groups is 2. The number of hydrogen-bond acceptors (Lipinski definition) is 3. The van der Waals surface area contributed by atoms with Crippen molar-refractivity contribution in [1.82, 2.24) is 10.3 Å². The zero-order chi connectivity index (χ0) is 18.8. The van der Waals surface area contributed by atoms with Crippen LogP contribution in [0.5, 0.6) is 0 Å². The zero-order valence-electron chi connectivity index (χ0n) is 12.1. The number of nitrogens with zero attached hydrogens (tertiary/aromatic N) is 1. The van der Waals surface area contributed by atoms with Crippen LogP contribution in [0.4, 0.5) is 13.2 Å². The van der Waals surface area contributed by atoms with Crippen molar-refractivity contribution in [2.75, 3.05) is 6.54 Å². The molecule has 0 atom stereocenters. The van der Waals surface area contributed by atoms with Crippen LogP contribution in [0.2, 0.25) is 15.1 Å². The lowest BCUT2D eigenvalue weighted by Gasteiger charge is -2.12. The fraction of sp³-hybridized carbons (Fsp3) is 0.133. The lowest BCUT2D eigenvalue weighted by atomic mass is 10.1. The Bertz CT molecular complexity index is 841. The molecule has 0 spiro atoms. The van der Waals surface area contributed by atoms with E-state index in [9.17, 15) is 22.8 Å². The number of nitrogens with one attached hydrogen (secondary N) is 1. The Hall–Kier alpha value is -1.83. The highest BCUT2D eigenvalue weighted by Gasteiger charge is 2.34. The lowest BCUT2D eigenvalue weighted by molar-refractivity contribution is -0.137. The molecule has 2 aromatic rings. The molecule has 1 N–H and O–H groups in total. The van der Waals surface area contributed by atoms with Crippen LogP contribution in [0.3, 0.4) is 0 Å². The molecule has 0 bridgehead atoms. The molecule has 0 saturated carbocycles. The SMILES string of the molecule is O=C(NCC(=O)c1ncc(Cl)c(Cl)c1Cl)c1ccccc1C(F)(F)F. The molecule has 1 aromatic heterocycles. The third-order valence-electron chi connectivity index (χ3n) is 3.07. The molecule has 0 aliphatic heterocycles. The van der Waals surface area contributed by atoms with E-state index in [-0.39, 0.29) is 20.8 Å². The van der Waals surface area contributed by atoms with Crippen molar-refractivity contribution in [1.29, 1.82) is 0 Å². The number of halogens is 6. The molecule has 0 saturated heterocycles. The number of Topliss-reactive ketones (excluding diaryl/α,β-unsaturated/α-hetero) is 1. The first kappa shape index (κ1) is 19.5. The van der Waals surface area contributed by atoms with Crippen LogP contribution in [-0.4, -0.2) is 23.2 Å². The Morgan fingerprint density at radius 3 is 2.36 bits per heavy atom. The van der Waals surface area contributed by atoms with Crippen molar-refractivity contribution < 1.29 is 22.8 Å². The molecule has 0 radical (unpaired) electrons. The Morgan fingerprint density at radius 2 is 1.72 bits per heavy atom. The van der Waals surface area contributed by atoms with Crippen LogP contribution in [0, 0.1) is 0 Å². The van der Waals surface area contributed by atoms with Crippen LogP contribution >= 0.6 is 34.8 Å². The molecule has 10 heteroatoms. The number of aromatic nitrogens is 1. The number of benzene rings is 1. The molecule has 1 amide bonds. The van der Waals surface area contributed by atoms with Gasteiger partial charge in [0.25, 0.3) is 5.91 Å². The maximum absolute atomic E-state index is 12.9. The molecule has 2 rings (SSSR count). The van der Waals surface area contributed by atoms with E-state index in [0.717, 1.165) is 24.4 Å². The summed E-state index contributed by atoms with van der Waals surface area (Å²) >= 11 is 17.3. The minimum Gasteiger partial charge on any atom is -0.344 e. The van der Waals surface area contributed by atoms with Crippen molar-refractivity contribution in [2.45, 2.75) is 6.18 Å². The van der Waals surface area contributed by atoms with Crippen LogP contribution in [-0.2, 0) is 6.18 Å². The summed E-state index contributed by atoms with van der Waals surface area (Å²) in [5.74, 6) is -1.79. The van der Waals surface area contributed by atoms with E-state index >= 15 is 0 Å². The average Bonchev–Trinajstić information content (AvgIpc) is 2.56. The van der Waals surface area contributed by atoms with Crippen LogP contribution in [0.1, 0.15) is 26.4 Å². The van der Waals surface area contributed by atoms with Gasteiger partial charge < -0.3 is 5.32 Å². The third-order valence-corrected chi connectivity index (χ3v) is 4.31. The smallest absolute Gasteiger partial charge is 0.344 e. The standard InChI is InChI=1S/C15H8Cl3F3N2O2/c16-9-5-22-13(12(18)11(9)17)10(24)6-23-14(25)7-3-1-2-4-8(7)15(19,20)21/h1-5H,6H2,(H,23,25). The maximum Gasteiger partial charge on any atom is 0.417 e. The summed E-state index contributed by atoms with van der Waals surface area (Å²) in [7, 11) is 0. The molecule has 1 heterocycles. The number of amides is 1. The van der Waals surface area contributed by atoms with Gasteiger partial charge in [-0.05, 0) is 12.1 Å². The van der Waals surface area contributed by atoms with Gasteiger partial charge in [0.2, 0.25) is 5.78 Å². The largest absolute Gasteiger partial charge is 0.417 e. The second-order valence-electron chi connectivity index (χ2n) is 4.73. The van der Waals surface area contributed by atoms with Crippen molar-refractivity contribution in [3.8, 4) is 0 Å². The first-order valence-electron chi connectivity index (χ1n) is 6.60. The van der Waals surface area contributed by atoms with Gasteiger partial charge in [-0.2, -0.15) is 13.2 Å². The highest BCUT2D eigenvalue weighted by atomic mass is 35.5. The Labute approximate surface area is 154 Å². The maximum atomic E-state index is 12.9. The van der Waals surface area contributed by atoms with Gasteiger partial charge >= 0.3 is 6.18 Å². The molecule has 25 heavy (non-hydrogen) atoms. The van der Waals surface area contributed by atoms with Gasteiger partial charge in [-0.1, -0.05) is 46.9 Å². The summed E-state index contributed by atoms with van der Waals surface area (Å²) in [4.78, 5) is 27.8. The number of carbonyl (C=O) groups excluding carboxylic acids is 2. The minimum atomic E-state index is -4.70. The van der Waals surface area contributed by atoms with E-state index in [1.54, 1.807) is 0 Å². The molecule has 0 aliphatic rings. The Kier molecular flexibility index (Phi) is 5.92. The molecule has 132 valence electrons. The van der Waals surface area contributed by atoms with Gasteiger partial charge in [0.1, 0.15) is 5.69 Å². The van der Waals surface area contributed by atoms with E-state index in [0.29, 0.717) is 0 Å². The van der Waals surface area contributed by atoms with Crippen LogP contribution in [0.15, 0.2) is 30.5 Å². The number of alkyl halides is 3. The minimum absolute atomic E-state index is 0.0337.